The second kappa shape index (κ2) is 6.38. The van der Waals surface area contributed by atoms with Crippen molar-refractivity contribution in [3.05, 3.63) is 12.2 Å². The SMILES string of the molecule is CCCCC(C)(CC)C(=O)/C=C/C(=O)O. The summed E-state index contributed by atoms with van der Waals surface area (Å²) < 4.78 is 0. The van der Waals surface area contributed by atoms with Gasteiger partial charge < -0.3 is 5.11 Å². The Labute approximate surface area is 91.2 Å². The molecule has 86 valence electrons. The summed E-state index contributed by atoms with van der Waals surface area (Å²) in [6.07, 6.45) is 5.71. The minimum absolute atomic E-state index is 0.0825. The van der Waals surface area contributed by atoms with Crippen LogP contribution in [0.3, 0.4) is 0 Å². The molecule has 3 nitrogen and oxygen atoms in total. The molecule has 0 rings (SSSR count). The van der Waals surface area contributed by atoms with Crippen molar-refractivity contribution in [2.45, 2.75) is 46.5 Å². The third-order valence-corrected chi connectivity index (χ3v) is 2.83. The maximum atomic E-state index is 11.8. The Balaban J connectivity index is 4.50. The number of ketones is 1. The van der Waals surface area contributed by atoms with Crippen LogP contribution in [0.2, 0.25) is 0 Å². The first-order chi connectivity index (χ1) is 6.96. The molecule has 1 atom stereocenters. The summed E-state index contributed by atoms with van der Waals surface area (Å²) in [6.45, 7) is 5.94. The van der Waals surface area contributed by atoms with E-state index in [4.69, 9.17) is 5.11 Å². The van der Waals surface area contributed by atoms with E-state index in [1.54, 1.807) is 0 Å². The average molecular weight is 212 g/mol. The Morgan fingerprint density at radius 2 is 1.87 bits per heavy atom. The molecule has 0 radical (unpaired) electrons. The number of aliphatic carboxylic acids is 1. The number of carboxylic acid groups (broad SMARTS) is 1. The van der Waals surface area contributed by atoms with Gasteiger partial charge in [0.25, 0.3) is 0 Å². The van der Waals surface area contributed by atoms with Crippen LogP contribution < -0.4 is 0 Å². The van der Waals surface area contributed by atoms with E-state index in [0.29, 0.717) is 0 Å². The Morgan fingerprint density at radius 3 is 2.27 bits per heavy atom. The second-order valence-electron chi connectivity index (χ2n) is 4.05. The molecule has 0 spiro atoms. The van der Waals surface area contributed by atoms with Crippen molar-refractivity contribution in [2.24, 2.45) is 5.41 Å². The molecule has 0 bridgehead atoms. The van der Waals surface area contributed by atoms with Gasteiger partial charge in [-0.15, -0.1) is 0 Å². The van der Waals surface area contributed by atoms with E-state index in [1.807, 2.05) is 13.8 Å². The van der Waals surface area contributed by atoms with E-state index in [-0.39, 0.29) is 5.78 Å². The van der Waals surface area contributed by atoms with E-state index in [0.717, 1.165) is 31.8 Å². The van der Waals surface area contributed by atoms with Gasteiger partial charge in [-0.05, 0) is 18.9 Å². The molecule has 0 aromatic rings. The number of carbonyl (C=O) groups excluding carboxylic acids is 1. The smallest absolute Gasteiger partial charge is 0.328 e. The van der Waals surface area contributed by atoms with Crippen LogP contribution in [0.5, 0.6) is 0 Å². The van der Waals surface area contributed by atoms with Crippen molar-refractivity contribution in [1.82, 2.24) is 0 Å². The van der Waals surface area contributed by atoms with Crippen molar-refractivity contribution in [2.75, 3.05) is 0 Å². The first-order valence-electron chi connectivity index (χ1n) is 5.41. The molecule has 1 unspecified atom stereocenters. The Bertz CT molecular complexity index is 256. The minimum Gasteiger partial charge on any atom is -0.478 e. The van der Waals surface area contributed by atoms with Crippen LogP contribution in [0.15, 0.2) is 12.2 Å². The molecule has 3 heteroatoms. The van der Waals surface area contributed by atoms with E-state index < -0.39 is 11.4 Å². The molecule has 0 aromatic heterocycles. The largest absolute Gasteiger partial charge is 0.478 e. The lowest BCUT2D eigenvalue weighted by molar-refractivity contribution is -0.132. The minimum atomic E-state index is -1.07. The van der Waals surface area contributed by atoms with Crippen molar-refractivity contribution in [1.29, 1.82) is 0 Å². The summed E-state index contributed by atoms with van der Waals surface area (Å²) in [6, 6.07) is 0. The number of rotatable bonds is 7. The van der Waals surface area contributed by atoms with Crippen LogP contribution in [0, 0.1) is 5.41 Å². The zero-order chi connectivity index (χ0) is 11.9. The van der Waals surface area contributed by atoms with Gasteiger partial charge in [0.05, 0.1) is 0 Å². The molecule has 15 heavy (non-hydrogen) atoms. The molecule has 0 saturated carbocycles. The number of hydrogen-bond donors (Lipinski definition) is 1. The van der Waals surface area contributed by atoms with Crippen LogP contribution >= 0.6 is 0 Å². The number of unbranched alkanes of at least 4 members (excludes halogenated alkanes) is 1. The molecule has 0 aliphatic rings. The van der Waals surface area contributed by atoms with Gasteiger partial charge in [-0.25, -0.2) is 4.79 Å². The summed E-state index contributed by atoms with van der Waals surface area (Å²) >= 11 is 0. The van der Waals surface area contributed by atoms with Gasteiger partial charge in [0.1, 0.15) is 0 Å². The van der Waals surface area contributed by atoms with Gasteiger partial charge in [0, 0.05) is 11.5 Å². The molecule has 0 fully saturated rings. The highest BCUT2D eigenvalue weighted by atomic mass is 16.4. The Morgan fingerprint density at radius 1 is 1.27 bits per heavy atom. The average Bonchev–Trinajstić information content (AvgIpc) is 2.22. The molecule has 0 aliphatic carbocycles. The van der Waals surface area contributed by atoms with Crippen molar-refractivity contribution in [3.8, 4) is 0 Å². The predicted molar refractivity (Wildman–Crippen MR) is 59.7 cm³/mol. The van der Waals surface area contributed by atoms with Crippen LogP contribution in [0.25, 0.3) is 0 Å². The van der Waals surface area contributed by atoms with Gasteiger partial charge in [-0.1, -0.05) is 33.6 Å². The Kier molecular flexibility index (Phi) is 5.90. The van der Waals surface area contributed by atoms with Gasteiger partial charge in [-0.3, -0.25) is 4.79 Å². The molecule has 0 aromatic carbocycles. The molecule has 0 heterocycles. The van der Waals surface area contributed by atoms with Crippen molar-refractivity contribution < 1.29 is 14.7 Å². The summed E-state index contributed by atoms with van der Waals surface area (Å²) in [5.41, 5.74) is -0.401. The summed E-state index contributed by atoms with van der Waals surface area (Å²) in [5.74, 6) is -1.15. The summed E-state index contributed by atoms with van der Waals surface area (Å²) in [7, 11) is 0. The molecule has 0 amide bonds. The Hall–Kier alpha value is -1.12. The summed E-state index contributed by atoms with van der Waals surface area (Å²) in [4.78, 5) is 22.1. The maximum absolute atomic E-state index is 11.8. The fourth-order valence-corrected chi connectivity index (χ4v) is 1.39. The molecule has 1 N–H and O–H groups in total. The van der Waals surface area contributed by atoms with Crippen LogP contribution in [0.1, 0.15) is 46.5 Å². The third kappa shape index (κ3) is 4.77. The lowest BCUT2D eigenvalue weighted by atomic mass is 9.78. The fraction of sp³-hybridized carbons (Fsp3) is 0.667. The van der Waals surface area contributed by atoms with E-state index in [2.05, 4.69) is 6.92 Å². The predicted octanol–water partition coefficient (Wildman–Crippen LogP) is 2.80. The van der Waals surface area contributed by atoms with Crippen LogP contribution in [0.4, 0.5) is 0 Å². The standard InChI is InChI=1S/C12H20O3/c1-4-6-9-12(3,5-2)10(13)7-8-11(14)15/h7-8H,4-6,9H2,1-3H3,(H,14,15)/b8-7+. The highest BCUT2D eigenvalue weighted by Crippen LogP contribution is 2.29. The lowest BCUT2D eigenvalue weighted by Gasteiger charge is -2.24. The highest BCUT2D eigenvalue weighted by molar-refractivity contribution is 5.98. The van der Waals surface area contributed by atoms with Crippen molar-refractivity contribution >= 4 is 11.8 Å². The monoisotopic (exact) mass is 212 g/mol. The van der Waals surface area contributed by atoms with Gasteiger partial charge in [0.15, 0.2) is 5.78 Å². The van der Waals surface area contributed by atoms with Crippen LogP contribution in [-0.4, -0.2) is 16.9 Å². The first-order valence-corrected chi connectivity index (χ1v) is 5.41. The van der Waals surface area contributed by atoms with Gasteiger partial charge in [-0.2, -0.15) is 0 Å². The summed E-state index contributed by atoms with van der Waals surface area (Å²) in [5, 5.41) is 8.44. The van der Waals surface area contributed by atoms with Gasteiger partial charge in [0.2, 0.25) is 0 Å². The number of carbonyl (C=O) groups is 2. The molecular weight excluding hydrogens is 192 g/mol. The second-order valence-corrected chi connectivity index (χ2v) is 4.05. The number of hydrogen-bond acceptors (Lipinski definition) is 2. The zero-order valence-electron chi connectivity index (χ0n) is 9.75. The topological polar surface area (TPSA) is 54.4 Å². The number of allylic oxidation sites excluding steroid dienone is 1. The van der Waals surface area contributed by atoms with E-state index in [9.17, 15) is 9.59 Å². The fourth-order valence-electron chi connectivity index (χ4n) is 1.39. The van der Waals surface area contributed by atoms with Crippen LogP contribution in [-0.2, 0) is 9.59 Å². The quantitative estimate of drug-likeness (QED) is 0.660. The lowest BCUT2D eigenvalue weighted by Crippen LogP contribution is -2.25. The zero-order valence-corrected chi connectivity index (χ0v) is 9.75. The first kappa shape index (κ1) is 13.9. The van der Waals surface area contributed by atoms with Crippen molar-refractivity contribution in [3.63, 3.8) is 0 Å². The third-order valence-electron chi connectivity index (χ3n) is 2.83. The molecule has 0 aliphatic heterocycles. The number of carboxylic acids is 1. The normalized spacial score (nSPS) is 15.1. The molecule has 0 saturated heterocycles. The van der Waals surface area contributed by atoms with E-state index in [1.165, 1.54) is 6.08 Å². The maximum Gasteiger partial charge on any atom is 0.328 e. The highest BCUT2D eigenvalue weighted by Gasteiger charge is 2.28. The molecular formula is C12H20O3. The van der Waals surface area contributed by atoms with E-state index >= 15 is 0 Å². The van der Waals surface area contributed by atoms with Gasteiger partial charge >= 0.3 is 5.97 Å².